The van der Waals surface area contributed by atoms with Crippen LogP contribution in [0.3, 0.4) is 0 Å². The van der Waals surface area contributed by atoms with E-state index in [2.05, 4.69) is 9.88 Å². The van der Waals surface area contributed by atoms with Crippen molar-refractivity contribution in [2.24, 2.45) is 5.92 Å². The van der Waals surface area contributed by atoms with Gasteiger partial charge in [-0.1, -0.05) is 5.16 Å². The summed E-state index contributed by atoms with van der Waals surface area (Å²) < 4.78 is 50.6. The lowest BCUT2D eigenvalue weighted by Gasteiger charge is -2.09. The van der Waals surface area contributed by atoms with Gasteiger partial charge in [-0.25, -0.2) is 12.8 Å². The molecule has 1 aliphatic rings. The van der Waals surface area contributed by atoms with Crippen molar-refractivity contribution in [1.82, 2.24) is 5.16 Å². The molecule has 118 valence electrons. The summed E-state index contributed by atoms with van der Waals surface area (Å²) in [4.78, 5) is -0.204. The molecule has 0 aliphatic heterocycles. The first-order valence-corrected chi connectivity index (χ1v) is 8.31. The second kappa shape index (κ2) is 5.60. The molecule has 0 spiro atoms. The molecule has 0 saturated heterocycles. The minimum absolute atomic E-state index is 0.0481. The molecule has 2 aromatic rings. The summed E-state index contributed by atoms with van der Waals surface area (Å²) >= 11 is 0. The van der Waals surface area contributed by atoms with E-state index < -0.39 is 15.8 Å². The molecule has 0 unspecified atom stereocenters. The SMILES string of the molecule is Cc1cc(NS(=O)(=O)c2ccc(OCC3CC3)c(F)c2)no1. The highest BCUT2D eigenvalue weighted by molar-refractivity contribution is 7.92. The zero-order valence-electron chi connectivity index (χ0n) is 11.9. The number of aromatic nitrogens is 1. The Labute approximate surface area is 127 Å². The molecular formula is C14H15FN2O4S. The van der Waals surface area contributed by atoms with Gasteiger partial charge in [-0.15, -0.1) is 0 Å². The summed E-state index contributed by atoms with van der Waals surface area (Å²) in [7, 11) is -3.93. The molecule has 6 nitrogen and oxygen atoms in total. The predicted molar refractivity (Wildman–Crippen MR) is 76.7 cm³/mol. The molecule has 0 atom stereocenters. The van der Waals surface area contributed by atoms with E-state index in [1.54, 1.807) is 6.92 Å². The molecule has 1 saturated carbocycles. The average molecular weight is 326 g/mol. The summed E-state index contributed by atoms with van der Waals surface area (Å²) in [6.07, 6.45) is 2.18. The Kier molecular flexibility index (Phi) is 3.78. The van der Waals surface area contributed by atoms with Gasteiger partial charge < -0.3 is 9.26 Å². The number of aryl methyl sites for hydroxylation is 1. The fraction of sp³-hybridized carbons (Fsp3) is 0.357. The third-order valence-electron chi connectivity index (χ3n) is 3.25. The second-order valence-electron chi connectivity index (χ2n) is 5.27. The lowest BCUT2D eigenvalue weighted by Crippen LogP contribution is -2.13. The highest BCUT2D eigenvalue weighted by Gasteiger charge is 2.23. The van der Waals surface area contributed by atoms with Crippen LogP contribution in [0.5, 0.6) is 5.75 Å². The molecule has 1 aliphatic carbocycles. The molecule has 0 amide bonds. The quantitative estimate of drug-likeness (QED) is 0.882. The number of anilines is 1. The van der Waals surface area contributed by atoms with Gasteiger partial charge in [-0.05, 0) is 43.9 Å². The summed E-state index contributed by atoms with van der Waals surface area (Å²) in [6, 6.07) is 4.97. The summed E-state index contributed by atoms with van der Waals surface area (Å²) in [5.74, 6) is 0.350. The fourth-order valence-electron chi connectivity index (χ4n) is 1.87. The van der Waals surface area contributed by atoms with E-state index in [1.165, 1.54) is 18.2 Å². The molecule has 22 heavy (non-hydrogen) atoms. The lowest BCUT2D eigenvalue weighted by molar-refractivity contribution is 0.285. The molecule has 1 heterocycles. The largest absolute Gasteiger partial charge is 0.490 e. The molecule has 1 aromatic heterocycles. The highest BCUT2D eigenvalue weighted by atomic mass is 32.2. The van der Waals surface area contributed by atoms with Crippen LogP contribution in [0.15, 0.2) is 33.7 Å². The Morgan fingerprint density at radius 3 is 2.77 bits per heavy atom. The van der Waals surface area contributed by atoms with Crippen LogP contribution in [0.2, 0.25) is 0 Å². The van der Waals surface area contributed by atoms with E-state index in [0.29, 0.717) is 18.3 Å². The number of rotatable bonds is 6. The van der Waals surface area contributed by atoms with Crippen LogP contribution in [-0.2, 0) is 10.0 Å². The van der Waals surface area contributed by atoms with Gasteiger partial charge in [0.05, 0.1) is 11.5 Å². The zero-order chi connectivity index (χ0) is 15.7. The molecule has 0 bridgehead atoms. The summed E-state index contributed by atoms with van der Waals surface area (Å²) in [5, 5.41) is 3.54. The van der Waals surface area contributed by atoms with E-state index in [4.69, 9.17) is 9.26 Å². The molecule has 1 fully saturated rings. The number of benzene rings is 1. The molecule has 1 N–H and O–H groups in total. The standard InChI is InChI=1S/C14H15FN2O4S/c1-9-6-14(16-21-9)17-22(18,19)11-4-5-13(12(15)7-11)20-8-10-2-3-10/h4-7,10H,2-3,8H2,1H3,(H,16,17). The number of nitrogens with zero attached hydrogens (tertiary/aromatic N) is 1. The number of hydrogen-bond donors (Lipinski definition) is 1. The maximum atomic E-state index is 13.9. The van der Waals surface area contributed by atoms with Crippen molar-refractivity contribution >= 4 is 15.8 Å². The Hall–Kier alpha value is -2.09. The van der Waals surface area contributed by atoms with E-state index in [9.17, 15) is 12.8 Å². The van der Waals surface area contributed by atoms with Crippen LogP contribution < -0.4 is 9.46 Å². The van der Waals surface area contributed by atoms with Crippen molar-refractivity contribution in [2.75, 3.05) is 11.3 Å². The van der Waals surface area contributed by atoms with Gasteiger partial charge in [0, 0.05) is 6.07 Å². The minimum atomic E-state index is -3.93. The van der Waals surface area contributed by atoms with Gasteiger partial charge in [0.15, 0.2) is 17.4 Å². The number of ether oxygens (including phenoxy) is 1. The maximum absolute atomic E-state index is 13.9. The van der Waals surface area contributed by atoms with E-state index in [0.717, 1.165) is 18.9 Å². The molecule has 3 rings (SSSR count). The summed E-state index contributed by atoms with van der Waals surface area (Å²) in [5.41, 5.74) is 0. The van der Waals surface area contributed by atoms with E-state index >= 15 is 0 Å². The van der Waals surface area contributed by atoms with E-state index in [-0.39, 0.29) is 16.5 Å². The van der Waals surface area contributed by atoms with Crippen LogP contribution in [0.25, 0.3) is 0 Å². The monoisotopic (exact) mass is 326 g/mol. The molecular weight excluding hydrogens is 311 g/mol. The summed E-state index contributed by atoms with van der Waals surface area (Å²) in [6.45, 7) is 2.09. The third-order valence-corrected chi connectivity index (χ3v) is 4.60. The van der Waals surface area contributed by atoms with Gasteiger partial charge in [0.25, 0.3) is 10.0 Å². The number of sulfonamides is 1. The Morgan fingerprint density at radius 1 is 1.41 bits per heavy atom. The molecule has 8 heteroatoms. The van der Waals surface area contributed by atoms with Gasteiger partial charge >= 0.3 is 0 Å². The Balaban J connectivity index is 1.76. The van der Waals surface area contributed by atoms with Crippen molar-refractivity contribution in [3.8, 4) is 5.75 Å². The molecule has 0 radical (unpaired) electrons. The molecule has 1 aromatic carbocycles. The van der Waals surface area contributed by atoms with Crippen molar-refractivity contribution in [3.63, 3.8) is 0 Å². The topological polar surface area (TPSA) is 81.4 Å². The Bertz CT molecular complexity index is 784. The lowest BCUT2D eigenvalue weighted by atomic mass is 10.3. The van der Waals surface area contributed by atoms with E-state index in [1.807, 2.05) is 0 Å². The van der Waals surface area contributed by atoms with Crippen LogP contribution in [0, 0.1) is 18.7 Å². The first-order chi connectivity index (χ1) is 10.4. The van der Waals surface area contributed by atoms with Crippen LogP contribution in [-0.4, -0.2) is 20.2 Å². The first-order valence-electron chi connectivity index (χ1n) is 6.82. The average Bonchev–Trinajstić information content (AvgIpc) is 3.20. The Morgan fingerprint density at radius 2 is 2.18 bits per heavy atom. The van der Waals surface area contributed by atoms with Gasteiger partial charge in [-0.2, -0.15) is 0 Å². The number of halogens is 1. The highest BCUT2D eigenvalue weighted by Crippen LogP contribution is 2.30. The maximum Gasteiger partial charge on any atom is 0.263 e. The van der Waals surface area contributed by atoms with Crippen molar-refractivity contribution in [3.05, 3.63) is 35.8 Å². The normalized spacial score (nSPS) is 14.8. The minimum Gasteiger partial charge on any atom is -0.490 e. The third kappa shape index (κ3) is 3.38. The van der Waals surface area contributed by atoms with Gasteiger partial charge in [-0.3, -0.25) is 4.72 Å². The van der Waals surface area contributed by atoms with Gasteiger partial charge in [0.2, 0.25) is 0 Å². The fourth-order valence-corrected chi connectivity index (χ4v) is 2.86. The number of nitrogens with one attached hydrogen (secondary N) is 1. The second-order valence-corrected chi connectivity index (χ2v) is 6.96. The van der Waals surface area contributed by atoms with Crippen molar-refractivity contribution < 1.29 is 22.1 Å². The van der Waals surface area contributed by atoms with Gasteiger partial charge in [0.1, 0.15) is 5.76 Å². The van der Waals surface area contributed by atoms with Crippen molar-refractivity contribution in [2.45, 2.75) is 24.7 Å². The zero-order valence-corrected chi connectivity index (χ0v) is 12.7. The predicted octanol–water partition coefficient (Wildman–Crippen LogP) is 2.71. The van der Waals surface area contributed by atoms with Crippen LogP contribution >= 0.6 is 0 Å². The smallest absolute Gasteiger partial charge is 0.263 e. The number of hydrogen-bond acceptors (Lipinski definition) is 5. The van der Waals surface area contributed by atoms with Crippen LogP contribution in [0.1, 0.15) is 18.6 Å². The first kappa shape index (κ1) is 14.8. The van der Waals surface area contributed by atoms with Crippen LogP contribution in [0.4, 0.5) is 10.2 Å². The van der Waals surface area contributed by atoms with Crippen molar-refractivity contribution in [1.29, 1.82) is 0 Å².